The van der Waals surface area contributed by atoms with E-state index in [1.807, 2.05) is 35.1 Å². The van der Waals surface area contributed by atoms with Crippen LogP contribution in [-0.4, -0.2) is 43.4 Å². The number of nitrogens with one attached hydrogen (secondary N) is 2. The maximum absolute atomic E-state index is 13.5. The van der Waals surface area contributed by atoms with Gasteiger partial charge in [-0.2, -0.15) is 0 Å². The number of hydrogen-bond donors (Lipinski definition) is 2. The van der Waals surface area contributed by atoms with Crippen molar-refractivity contribution in [3.8, 4) is 0 Å². The number of carbonyl (C=O) groups is 2. The summed E-state index contributed by atoms with van der Waals surface area (Å²) in [6, 6.07) is 18.7. The van der Waals surface area contributed by atoms with E-state index in [1.165, 1.54) is 11.0 Å². The fraction of sp³-hybridized carbons (Fsp3) is 0.154. The molecule has 0 aliphatic rings. The molecule has 0 aliphatic heterocycles. The number of aromatic nitrogens is 2. The number of amides is 3. The van der Waals surface area contributed by atoms with Crippen LogP contribution in [0.1, 0.15) is 11.1 Å². The van der Waals surface area contributed by atoms with Gasteiger partial charge in [-0.25, -0.2) is 17.9 Å². The van der Waals surface area contributed by atoms with Gasteiger partial charge in [0.2, 0.25) is 5.91 Å². The number of nitrogens with zero attached hydrogens (tertiary/aromatic N) is 3. The molecular formula is C26H25N5O4S. The monoisotopic (exact) mass is 503 g/mol. The number of sulfonamides is 1. The van der Waals surface area contributed by atoms with E-state index < -0.39 is 28.0 Å². The van der Waals surface area contributed by atoms with E-state index in [0.29, 0.717) is 22.3 Å². The van der Waals surface area contributed by atoms with Gasteiger partial charge in [-0.3, -0.25) is 14.8 Å². The van der Waals surface area contributed by atoms with E-state index in [4.69, 9.17) is 0 Å². The molecule has 0 saturated heterocycles. The van der Waals surface area contributed by atoms with Crippen LogP contribution in [0.15, 0.2) is 90.1 Å². The minimum atomic E-state index is -4.13. The molecule has 0 fully saturated rings. The van der Waals surface area contributed by atoms with Crippen LogP contribution in [0.25, 0.3) is 11.0 Å². The third-order valence-corrected chi connectivity index (χ3v) is 7.16. The van der Waals surface area contributed by atoms with Crippen molar-refractivity contribution in [1.29, 1.82) is 0 Å². The molecule has 36 heavy (non-hydrogen) atoms. The second-order valence-corrected chi connectivity index (χ2v) is 9.86. The van der Waals surface area contributed by atoms with E-state index in [1.54, 1.807) is 62.8 Å². The summed E-state index contributed by atoms with van der Waals surface area (Å²) in [6.07, 6.45) is 3.31. The van der Waals surface area contributed by atoms with Gasteiger partial charge >= 0.3 is 6.03 Å². The number of anilines is 1. The fourth-order valence-corrected chi connectivity index (χ4v) is 4.96. The Morgan fingerprint density at radius 3 is 2.31 bits per heavy atom. The van der Waals surface area contributed by atoms with Crippen LogP contribution in [0.4, 0.5) is 10.5 Å². The molecule has 4 rings (SSSR count). The van der Waals surface area contributed by atoms with Crippen molar-refractivity contribution in [2.45, 2.75) is 24.3 Å². The van der Waals surface area contributed by atoms with Crippen LogP contribution in [0, 0.1) is 6.92 Å². The van der Waals surface area contributed by atoms with Crippen LogP contribution >= 0.6 is 0 Å². The second kappa shape index (κ2) is 10.5. The maximum Gasteiger partial charge on any atom is 0.329 e. The molecule has 10 heteroatoms. The molecule has 2 N–H and O–H groups in total. The summed E-state index contributed by atoms with van der Waals surface area (Å²) in [5.74, 6) is -0.425. The van der Waals surface area contributed by atoms with Gasteiger partial charge in [0, 0.05) is 31.5 Å². The maximum atomic E-state index is 13.5. The van der Waals surface area contributed by atoms with Gasteiger partial charge in [0.15, 0.2) is 0 Å². The van der Waals surface area contributed by atoms with Crippen molar-refractivity contribution >= 4 is 38.7 Å². The van der Waals surface area contributed by atoms with Crippen molar-refractivity contribution in [3.05, 3.63) is 96.3 Å². The highest BCUT2D eigenvalue weighted by atomic mass is 32.2. The SMILES string of the molecule is Cc1ccccc1S(=O)(=O)NC(=O)N[C@@H](Cc1ccccc1)C(=O)N(C)c1ccc2nccnc2c1. The first kappa shape index (κ1) is 24.8. The highest BCUT2D eigenvalue weighted by Gasteiger charge is 2.28. The lowest BCUT2D eigenvalue weighted by molar-refractivity contribution is -0.120. The van der Waals surface area contributed by atoms with Gasteiger partial charge in [-0.15, -0.1) is 0 Å². The smallest absolute Gasteiger partial charge is 0.325 e. The van der Waals surface area contributed by atoms with E-state index in [0.717, 1.165) is 5.56 Å². The number of rotatable bonds is 7. The predicted molar refractivity (Wildman–Crippen MR) is 137 cm³/mol. The molecule has 3 amide bonds. The van der Waals surface area contributed by atoms with Crippen LogP contribution in [0.5, 0.6) is 0 Å². The lowest BCUT2D eigenvalue weighted by Crippen LogP contribution is -2.52. The van der Waals surface area contributed by atoms with E-state index >= 15 is 0 Å². The first-order valence-electron chi connectivity index (χ1n) is 11.2. The van der Waals surface area contributed by atoms with Crippen molar-refractivity contribution in [1.82, 2.24) is 20.0 Å². The van der Waals surface area contributed by atoms with Crippen LogP contribution < -0.4 is 14.9 Å². The number of likely N-dealkylation sites (N-methyl/N-ethyl adjacent to an activating group) is 1. The summed E-state index contributed by atoms with van der Waals surface area (Å²) in [5, 5.41) is 2.55. The standard InChI is InChI=1S/C26H25N5O4S/c1-18-8-6-7-11-24(18)36(34,35)30-26(33)29-23(16-19-9-4-3-5-10-19)25(32)31(2)20-12-13-21-22(17-20)28-15-14-27-21/h3-15,17,23H,16H2,1-2H3,(H2,29,30,33)/t23-/m0/s1. The molecule has 184 valence electrons. The summed E-state index contributed by atoms with van der Waals surface area (Å²) in [6.45, 7) is 1.64. The number of benzene rings is 3. The topological polar surface area (TPSA) is 121 Å². The molecule has 1 aromatic heterocycles. The van der Waals surface area contributed by atoms with Crippen LogP contribution in [0.3, 0.4) is 0 Å². The Bertz CT molecular complexity index is 1510. The second-order valence-electron chi connectivity index (χ2n) is 8.21. The summed E-state index contributed by atoms with van der Waals surface area (Å²) in [7, 11) is -2.55. The molecule has 0 aliphatic carbocycles. The Morgan fingerprint density at radius 2 is 1.58 bits per heavy atom. The van der Waals surface area contributed by atoms with Gasteiger partial charge in [-0.05, 0) is 42.3 Å². The average molecular weight is 504 g/mol. The Balaban J connectivity index is 1.57. The summed E-state index contributed by atoms with van der Waals surface area (Å²) >= 11 is 0. The first-order valence-corrected chi connectivity index (χ1v) is 12.6. The molecule has 0 radical (unpaired) electrons. The predicted octanol–water partition coefficient (Wildman–Crippen LogP) is 3.20. The number of urea groups is 1. The van der Waals surface area contributed by atoms with Crippen LogP contribution in [-0.2, 0) is 21.2 Å². The largest absolute Gasteiger partial charge is 0.329 e. The van der Waals surface area contributed by atoms with Crippen molar-refractivity contribution in [2.24, 2.45) is 0 Å². The lowest BCUT2D eigenvalue weighted by atomic mass is 10.0. The fourth-order valence-electron chi connectivity index (χ4n) is 3.79. The van der Waals surface area contributed by atoms with Crippen molar-refractivity contribution < 1.29 is 18.0 Å². The van der Waals surface area contributed by atoms with E-state index in [-0.39, 0.29) is 11.3 Å². The Labute approximate surface area is 209 Å². The zero-order chi connectivity index (χ0) is 25.7. The van der Waals surface area contributed by atoms with Gasteiger partial charge in [0.05, 0.1) is 15.9 Å². The molecule has 0 spiro atoms. The van der Waals surface area contributed by atoms with Gasteiger partial charge in [0.25, 0.3) is 10.0 Å². The molecule has 3 aromatic carbocycles. The Kier molecular flexibility index (Phi) is 7.25. The van der Waals surface area contributed by atoms with Gasteiger partial charge < -0.3 is 10.2 Å². The first-order chi connectivity index (χ1) is 17.2. The lowest BCUT2D eigenvalue weighted by Gasteiger charge is -2.25. The minimum Gasteiger partial charge on any atom is -0.325 e. The summed E-state index contributed by atoms with van der Waals surface area (Å²) in [4.78, 5) is 36.2. The van der Waals surface area contributed by atoms with E-state index in [9.17, 15) is 18.0 Å². The van der Waals surface area contributed by atoms with Gasteiger partial charge in [0.1, 0.15) is 6.04 Å². The summed E-state index contributed by atoms with van der Waals surface area (Å²) < 4.78 is 27.6. The van der Waals surface area contributed by atoms with Crippen molar-refractivity contribution in [2.75, 3.05) is 11.9 Å². The van der Waals surface area contributed by atoms with Crippen molar-refractivity contribution in [3.63, 3.8) is 0 Å². The molecule has 0 saturated carbocycles. The highest BCUT2D eigenvalue weighted by Crippen LogP contribution is 2.20. The molecule has 1 heterocycles. The Morgan fingerprint density at radius 1 is 0.917 bits per heavy atom. The summed E-state index contributed by atoms with van der Waals surface area (Å²) in [5.41, 5.74) is 3.15. The molecule has 1 atom stereocenters. The molecule has 0 bridgehead atoms. The number of aryl methyl sites for hydroxylation is 1. The zero-order valence-electron chi connectivity index (χ0n) is 19.8. The molecular weight excluding hydrogens is 478 g/mol. The third kappa shape index (κ3) is 5.66. The third-order valence-electron chi connectivity index (χ3n) is 5.67. The molecule has 9 nitrogen and oxygen atoms in total. The normalized spacial score (nSPS) is 12.1. The quantitative estimate of drug-likeness (QED) is 0.400. The minimum absolute atomic E-state index is 0.0134. The number of fused-ring (bicyclic) bond motifs is 1. The number of hydrogen-bond acceptors (Lipinski definition) is 6. The van der Waals surface area contributed by atoms with Crippen LogP contribution in [0.2, 0.25) is 0 Å². The van der Waals surface area contributed by atoms with E-state index in [2.05, 4.69) is 15.3 Å². The number of carbonyl (C=O) groups excluding carboxylic acids is 2. The average Bonchev–Trinajstić information content (AvgIpc) is 2.87. The zero-order valence-corrected chi connectivity index (χ0v) is 20.6. The van der Waals surface area contributed by atoms with Gasteiger partial charge in [-0.1, -0.05) is 48.5 Å². The molecule has 0 unspecified atom stereocenters. The highest BCUT2D eigenvalue weighted by molar-refractivity contribution is 7.90. The Hall–Kier alpha value is -4.31. The molecule has 4 aromatic rings.